The van der Waals surface area contributed by atoms with Gasteiger partial charge in [0.05, 0.1) is 37.3 Å². The number of amidine groups is 1. The van der Waals surface area contributed by atoms with Crippen molar-refractivity contribution in [2.75, 3.05) is 12.3 Å². The summed E-state index contributed by atoms with van der Waals surface area (Å²) in [5.74, 6) is 0.219. The zero-order chi connectivity index (χ0) is 26.2. The van der Waals surface area contributed by atoms with Gasteiger partial charge >= 0.3 is 0 Å². The number of fused-ring (bicyclic) bond motifs is 3. The van der Waals surface area contributed by atoms with Gasteiger partial charge in [-0.3, -0.25) is 28.8 Å². The van der Waals surface area contributed by atoms with Gasteiger partial charge < -0.3 is 5.32 Å². The summed E-state index contributed by atoms with van der Waals surface area (Å²) in [6.45, 7) is 0.703. The first kappa shape index (κ1) is 24.8. The van der Waals surface area contributed by atoms with E-state index in [0.29, 0.717) is 35.4 Å². The normalized spacial score (nSPS) is 22.8. The first-order chi connectivity index (χ1) is 18.5. The van der Waals surface area contributed by atoms with Crippen molar-refractivity contribution >= 4 is 39.8 Å². The van der Waals surface area contributed by atoms with E-state index < -0.39 is 0 Å². The number of hydrogen-bond donors (Lipinski definition) is 1. The summed E-state index contributed by atoms with van der Waals surface area (Å²) in [6.07, 6.45) is 7.07. The van der Waals surface area contributed by atoms with E-state index in [-0.39, 0.29) is 54.2 Å². The summed E-state index contributed by atoms with van der Waals surface area (Å²) in [5, 5.41) is 8.27. The van der Waals surface area contributed by atoms with Gasteiger partial charge in [-0.15, -0.1) is 0 Å². The summed E-state index contributed by atoms with van der Waals surface area (Å²) in [7, 11) is 0. The molecule has 2 aromatic heterocycles. The van der Waals surface area contributed by atoms with Gasteiger partial charge in [-0.05, 0) is 18.9 Å². The van der Waals surface area contributed by atoms with E-state index in [2.05, 4.69) is 15.4 Å². The number of nitrogens with zero attached hydrogens (tertiary/aromatic N) is 6. The second-order valence-electron chi connectivity index (χ2n) is 9.97. The Morgan fingerprint density at radius 2 is 2.03 bits per heavy atom. The molecule has 3 atom stereocenters. The topological polar surface area (TPSA) is 114 Å². The third-order valence-electron chi connectivity index (χ3n) is 7.52. The zero-order valence-electron chi connectivity index (χ0n) is 20.8. The van der Waals surface area contributed by atoms with Crippen molar-refractivity contribution in [3.8, 4) is 0 Å². The Hall–Kier alpha value is -3.54. The summed E-state index contributed by atoms with van der Waals surface area (Å²) >= 11 is 1.56. The van der Waals surface area contributed by atoms with Crippen LogP contribution in [0.3, 0.4) is 0 Å². The van der Waals surface area contributed by atoms with Crippen molar-refractivity contribution in [1.29, 1.82) is 0 Å². The van der Waals surface area contributed by atoms with E-state index in [1.807, 2.05) is 0 Å². The fraction of sp³-hybridized carbons (Fsp3) is 0.462. The fourth-order valence-electron chi connectivity index (χ4n) is 5.54. The maximum absolute atomic E-state index is 14.0. The van der Waals surface area contributed by atoms with E-state index in [1.165, 1.54) is 23.2 Å². The molecule has 0 bridgehead atoms. The minimum atomic E-state index is -0.381. The standard InChI is InChI=1S/C26H28FN7O3S/c27-20-7-3-1-5-16(20)13-32-15-29-23-19(24(32)36)12-30-33(23)10-9-28-22(35)11-17-14-38-26-31-21-8-4-2-6-18(21)25(37)34(17)26/h1,3,5,7,12,15,17-18,21H,2,4,6,8-11,13-14H2,(H,28,35). The SMILES string of the molecule is O=C(CC1CSC2=NC3CCCCC3C(=O)N21)NCCn1ncc2c(=O)n(Cc3ccccc3F)cnc21. The monoisotopic (exact) mass is 537 g/mol. The number of amides is 2. The number of aliphatic imine (C=N–C) groups is 1. The number of aromatic nitrogens is 4. The van der Waals surface area contributed by atoms with Crippen LogP contribution < -0.4 is 10.9 Å². The van der Waals surface area contributed by atoms with Crippen LogP contribution in [0.2, 0.25) is 0 Å². The molecule has 38 heavy (non-hydrogen) atoms. The molecule has 1 saturated heterocycles. The van der Waals surface area contributed by atoms with Crippen LogP contribution in [0.15, 0.2) is 46.6 Å². The van der Waals surface area contributed by atoms with Gasteiger partial charge in [-0.2, -0.15) is 5.10 Å². The number of carbonyl (C=O) groups excluding carboxylic acids is 2. The van der Waals surface area contributed by atoms with E-state index >= 15 is 0 Å². The molecule has 6 rings (SSSR count). The first-order valence-corrected chi connectivity index (χ1v) is 13.9. The molecular formula is C26H28FN7O3S. The predicted octanol–water partition coefficient (Wildman–Crippen LogP) is 2.16. The molecule has 3 unspecified atom stereocenters. The maximum Gasteiger partial charge on any atom is 0.264 e. The highest BCUT2D eigenvalue weighted by molar-refractivity contribution is 8.14. The molecule has 3 aliphatic rings. The van der Waals surface area contributed by atoms with Crippen LogP contribution in [0, 0.1) is 11.7 Å². The quantitative estimate of drug-likeness (QED) is 0.494. The van der Waals surface area contributed by atoms with Crippen molar-refractivity contribution in [2.45, 2.75) is 57.3 Å². The van der Waals surface area contributed by atoms with Gasteiger partial charge in [0.2, 0.25) is 11.8 Å². The molecule has 0 spiro atoms. The third kappa shape index (κ3) is 4.61. The van der Waals surface area contributed by atoms with Crippen molar-refractivity contribution in [1.82, 2.24) is 29.5 Å². The lowest BCUT2D eigenvalue weighted by atomic mass is 9.83. The van der Waals surface area contributed by atoms with E-state index in [1.54, 1.807) is 39.5 Å². The second-order valence-corrected chi connectivity index (χ2v) is 11.0. The Labute approximate surface area is 222 Å². The number of rotatable bonds is 7. The molecule has 1 saturated carbocycles. The Bertz CT molecular complexity index is 1480. The summed E-state index contributed by atoms with van der Waals surface area (Å²) in [6, 6.07) is 6.22. The van der Waals surface area contributed by atoms with Gasteiger partial charge in [0.15, 0.2) is 10.8 Å². The number of nitrogens with one attached hydrogen (secondary N) is 1. The molecule has 1 aliphatic carbocycles. The summed E-state index contributed by atoms with van der Waals surface area (Å²) < 4.78 is 16.9. The van der Waals surface area contributed by atoms with Crippen LogP contribution in [-0.2, 0) is 22.7 Å². The van der Waals surface area contributed by atoms with Gasteiger partial charge in [-0.1, -0.05) is 42.8 Å². The molecule has 12 heteroatoms. The molecule has 0 radical (unpaired) electrons. The van der Waals surface area contributed by atoms with Gasteiger partial charge in [0.25, 0.3) is 5.56 Å². The highest BCUT2D eigenvalue weighted by Crippen LogP contribution is 2.38. The van der Waals surface area contributed by atoms with E-state index in [4.69, 9.17) is 4.99 Å². The number of hydrogen-bond acceptors (Lipinski definition) is 7. The number of thioether (sulfide) groups is 1. The van der Waals surface area contributed by atoms with Crippen LogP contribution in [0.1, 0.15) is 37.7 Å². The summed E-state index contributed by atoms with van der Waals surface area (Å²) in [5.41, 5.74) is 0.494. The molecule has 2 amide bonds. The molecule has 3 aromatic rings. The van der Waals surface area contributed by atoms with Crippen molar-refractivity contribution in [3.05, 3.63) is 58.5 Å². The lowest BCUT2D eigenvalue weighted by molar-refractivity contribution is -0.135. The Morgan fingerprint density at radius 1 is 1.18 bits per heavy atom. The molecule has 10 nitrogen and oxygen atoms in total. The van der Waals surface area contributed by atoms with Crippen LogP contribution in [0.5, 0.6) is 0 Å². The van der Waals surface area contributed by atoms with E-state index in [0.717, 1.165) is 30.9 Å². The summed E-state index contributed by atoms with van der Waals surface area (Å²) in [4.78, 5) is 49.7. The molecule has 2 fully saturated rings. The van der Waals surface area contributed by atoms with Crippen molar-refractivity contribution < 1.29 is 14.0 Å². The number of halogens is 1. The van der Waals surface area contributed by atoms with Crippen LogP contribution in [0.4, 0.5) is 4.39 Å². The van der Waals surface area contributed by atoms with Crippen LogP contribution >= 0.6 is 11.8 Å². The first-order valence-electron chi connectivity index (χ1n) is 12.9. The predicted molar refractivity (Wildman–Crippen MR) is 141 cm³/mol. The third-order valence-corrected chi connectivity index (χ3v) is 8.64. The molecule has 2 aliphatic heterocycles. The van der Waals surface area contributed by atoms with Gasteiger partial charge in [0.1, 0.15) is 17.5 Å². The highest BCUT2D eigenvalue weighted by atomic mass is 32.2. The average Bonchev–Trinajstić information content (AvgIpc) is 3.52. The zero-order valence-corrected chi connectivity index (χ0v) is 21.6. The highest BCUT2D eigenvalue weighted by Gasteiger charge is 2.45. The van der Waals surface area contributed by atoms with E-state index in [9.17, 15) is 18.8 Å². The van der Waals surface area contributed by atoms with Crippen molar-refractivity contribution in [3.63, 3.8) is 0 Å². The minimum Gasteiger partial charge on any atom is -0.354 e. The number of benzene rings is 1. The molecule has 1 aromatic carbocycles. The molecule has 198 valence electrons. The number of carbonyl (C=O) groups is 2. The lowest BCUT2D eigenvalue weighted by Crippen LogP contribution is -2.51. The Morgan fingerprint density at radius 3 is 2.89 bits per heavy atom. The van der Waals surface area contributed by atoms with Gasteiger partial charge in [0, 0.05) is 24.3 Å². The van der Waals surface area contributed by atoms with Gasteiger partial charge in [-0.25, -0.2) is 14.1 Å². The minimum absolute atomic E-state index is 0.0475. The van der Waals surface area contributed by atoms with Crippen LogP contribution in [0.25, 0.3) is 11.0 Å². The smallest absolute Gasteiger partial charge is 0.264 e. The Balaban J connectivity index is 1.06. The molecule has 1 N–H and O–H groups in total. The van der Waals surface area contributed by atoms with Crippen molar-refractivity contribution in [2.24, 2.45) is 10.9 Å². The maximum atomic E-state index is 14.0. The Kier molecular flexibility index (Phi) is 6.73. The van der Waals surface area contributed by atoms with Crippen LogP contribution in [-0.4, -0.2) is 65.6 Å². The lowest BCUT2D eigenvalue weighted by Gasteiger charge is -2.37. The second kappa shape index (κ2) is 10.3. The molecular weight excluding hydrogens is 509 g/mol. The average molecular weight is 538 g/mol. The molecule has 4 heterocycles. The largest absolute Gasteiger partial charge is 0.354 e. The fourth-order valence-corrected chi connectivity index (χ4v) is 6.74.